The average Bonchev–Trinajstić information content (AvgIpc) is 2.17. The molecule has 0 saturated heterocycles. The quantitative estimate of drug-likeness (QED) is 0.698. The minimum atomic E-state index is -0.544. The van der Waals surface area contributed by atoms with Crippen LogP contribution in [0.5, 0.6) is 0 Å². The van der Waals surface area contributed by atoms with E-state index in [1.165, 1.54) is 0 Å². The number of hydrogen-bond donors (Lipinski definition) is 3. The summed E-state index contributed by atoms with van der Waals surface area (Å²) in [6, 6.07) is 3.70. The van der Waals surface area contributed by atoms with Crippen molar-refractivity contribution >= 4 is 11.5 Å². The van der Waals surface area contributed by atoms with Gasteiger partial charge in [-0.2, -0.15) is 0 Å². The molecule has 0 bridgehead atoms. The number of nitrogens with zero attached hydrogens (tertiary/aromatic N) is 1. The number of aliphatic hydroxyl groups is 1. The lowest BCUT2D eigenvalue weighted by atomic mass is 9.80. The van der Waals surface area contributed by atoms with E-state index in [-0.39, 0.29) is 0 Å². The van der Waals surface area contributed by atoms with Crippen molar-refractivity contribution in [3.05, 3.63) is 17.8 Å². The lowest BCUT2D eigenvalue weighted by Gasteiger charge is -2.36. The lowest BCUT2D eigenvalue weighted by molar-refractivity contribution is -0.0202. The van der Waals surface area contributed by atoms with E-state index in [4.69, 9.17) is 5.73 Å². The molecule has 0 aromatic carbocycles. The minimum Gasteiger partial charge on any atom is -0.396 e. The van der Waals surface area contributed by atoms with E-state index < -0.39 is 5.60 Å². The molecule has 0 amide bonds. The number of nitrogens with two attached hydrogens (primary N) is 1. The van der Waals surface area contributed by atoms with Crippen molar-refractivity contribution in [1.82, 2.24) is 4.98 Å². The van der Waals surface area contributed by atoms with Crippen molar-refractivity contribution < 1.29 is 5.11 Å². The first-order chi connectivity index (χ1) is 7.09. The Bertz CT molecular complexity index is 361. The van der Waals surface area contributed by atoms with Crippen molar-refractivity contribution in [2.75, 3.05) is 17.6 Å². The van der Waals surface area contributed by atoms with Crippen LogP contribution in [0.2, 0.25) is 0 Å². The van der Waals surface area contributed by atoms with E-state index in [1.807, 2.05) is 19.1 Å². The van der Waals surface area contributed by atoms with Gasteiger partial charge < -0.3 is 16.2 Å². The van der Waals surface area contributed by atoms with Crippen LogP contribution in [0.4, 0.5) is 11.5 Å². The summed E-state index contributed by atoms with van der Waals surface area (Å²) in [4.78, 5) is 4.29. The maximum absolute atomic E-state index is 9.90. The fourth-order valence-corrected chi connectivity index (χ4v) is 1.72. The Balaban J connectivity index is 2.01. The molecular formula is C11H17N3O. The second kappa shape index (κ2) is 3.70. The average molecular weight is 207 g/mol. The van der Waals surface area contributed by atoms with Crippen LogP contribution >= 0.6 is 0 Å². The summed E-state index contributed by atoms with van der Waals surface area (Å²) in [5.74, 6) is 0.676. The number of aromatic nitrogens is 1. The maximum atomic E-state index is 9.90. The van der Waals surface area contributed by atoms with Crippen molar-refractivity contribution in [2.45, 2.75) is 31.8 Å². The first-order valence-electron chi connectivity index (χ1n) is 5.28. The van der Waals surface area contributed by atoms with Crippen molar-refractivity contribution in [3.63, 3.8) is 0 Å². The van der Waals surface area contributed by atoms with Gasteiger partial charge in [-0.05, 0) is 38.3 Å². The van der Waals surface area contributed by atoms with Gasteiger partial charge in [-0.25, -0.2) is 4.98 Å². The van der Waals surface area contributed by atoms with Gasteiger partial charge in [0.05, 0.1) is 11.3 Å². The normalized spacial score (nSPS) is 18.3. The Kier molecular flexibility index (Phi) is 2.52. The van der Waals surface area contributed by atoms with Gasteiger partial charge in [-0.15, -0.1) is 0 Å². The van der Waals surface area contributed by atoms with Crippen LogP contribution in [0.1, 0.15) is 25.0 Å². The summed E-state index contributed by atoms with van der Waals surface area (Å²) in [5.41, 5.74) is 6.78. The number of pyridine rings is 1. The molecule has 1 aromatic heterocycles. The molecule has 1 heterocycles. The Morgan fingerprint density at radius 3 is 2.87 bits per heavy atom. The number of rotatable bonds is 3. The number of hydrogen-bond acceptors (Lipinski definition) is 4. The molecule has 4 N–H and O–H groups in total. The molecule has 4 nitrogen and oxygen atoms in total. The number of nitrogen functional groups attached to an aromatic ring is 1. The maximum Gasteiger partial charge on any atom is 0.149 e. The summed E-state index contributed by atoms with van der Waals surface area (Å²) in [5, 5.41) is 13.0. The molecule has 2 rings (SSSR count). The molecule has 0 atom stereocenters. The van der Waals surface area contributed by atoms with Crippen LogP contribution in [-0.2, 0) is 0 Å². The third-order valence-corrected chi connectivity index (χ3v) is 2.93. The molecule has 15 heavy (non-hydrogen) atoms. The SMILES string of the molecule is Cc1ccc(N)c(NCC2(O)CCC2)n1. The fourth-order valence-electron chi connectivity index (χ4n) is 1.72. The molecule has 1 aromatic rings. The smallest absolute Gasteiger partial charge is 0.149 e. The van der Waals surface area contributed by atoms with Gasteiger partial charge in [0.25, 0.3) is 0 Å². The van der Waals surface area contributed by atoms with Crippen LogP contribution < -0.4 is 11.1 Å². The zero-order chi connectivity index (χ0) is 10.9. The molecule has 82 valence electrons. The van der Waals surface area contributed by atoms with E-state index in [1.54, 1.807) is 0 Å². The van der Waals surface area contributed by atoms with Crippen molar-refractivity contribution in [2.24, 2.45) is 0 Å². The van der Waals surface area contributed by atoms with Crippen molar-refractivity contribution in [1.29, 1.82) is 0 Å². The highest BCUT2D eigenvalue weighted by Crippen LogP contribution is 2.31. The summed E-state index contributed by atoms with van der Waals surface area (Å²) in [7, 11) is 0. The first kappa shape index (κ1) is 10.2. The fraction of sp³-hybridized carbons (Fsp3) is 0.545. The van der Waals surface area contributed by atoms with Gasteiger partial charge in [0.2, 0.25) is 0 Å². The third kappa shape index (κ3) is 2.21. The highest BCUT2D eigenvalue weighted by Gasteiger charge is 2.34. The summed E-state index contributed by atoms with van der Waals surface area (Å²) in [6.07, 6.45) is 2.84. The largest absolute Gasteiger partial charge is 0.396 e. The monoisotopic (exact) mass is 207 g/mol. The summed E-state index contributed by atoms with van der Waals surface area (Å²) < 4.78 is 0. The summed E-state index contributed by atoms with van der Waals surface area (Å²) in [6.45, 7) is 2.45. The highest BCUT2D eigenvalue weighted by atomic mass is 16.3. The van der Waals surface area contributed by atoms with Gasteiger partial charge >= 0.3 is 0 Å². The van der Waals surface area contributed by atoms with Gasteiger partial charge in [-0.1, -0.05) is 0 Å². The second-order valence-corrected chi connectivity index (χ2v) is 4.32. The number of anilines is 2. The third-order valence-electron chi connectivity index (χ3n) is 2.93. The summed E-state index contributed by atoms with van der Waals surface area (Å²) >= 11 is 0. The van der Waals surface area contributed by atoms with Gasteiger partial charge in [0, 0.05) is 12.2 Å². The lowest BCUT2D eigenvalue weighted by Crippen LogP contribution is -2.43. The molecule has 1 aliphatic carbocycles. The topological polar surface area (TPSA) is 71.2 Å². The van der Waals surface area contributed by atoms with E-state index >= 15 is 0 Å². The van der Waals surface area contributed by atoms with Crippen LogP contribution in [0, 0.1) is 6.92 Å². The Labute approximate surface area is 89.5 Å². The molecule has 0 radical (unpaired) electrons. The van der Waals surface area contributed by atoms with Crippen molar-refractivity contribution in [3.8, 4) is 0 Å². The van der Waals surface area contributed by atoms with Gasteiger partial charge in [0.1, 0.15) is 5.82 Å². The van der Waals surface area contributed by atoms with Gasteiger partial charge in [0.15, 0.2) is 0 Å². The van der Waals surface area contributed by atoms with E-state index in [9.17, 15) is 5.11 Å². The molecule has 0 spiro atoms. The Hall–Kier alpha value is -1.29. The minimum absolute atomic E-state index is 0.535. The van der Waals surface area contributed by atoms with E-state index in [0.717, 1.165) is 25.0 Å². The van der Waals surface area contributed by atoms with E-state index in [2.05, 4.69) is 10.3 Å². The number of aryl methyl sites for hydroxylation is 1. The van der Waals surface area contributed by atoms with Gasteiger partial charge in [-0.3, -0.25) is 0 Å². The standard InChI is InChI=1S/C11H17N3O/c1-8-3-4-9(12)10(14-8)13-7-11(15)5-2-6-11/h3-4,15H,2,5-7,12H2,1H3,(H,13,14). The molecular weight excluding hydrogens is 190 g/mol. The Morgan fingerprint density at radius 1 is 1.53 bits per heavy atom. The van der Waals surface area contributed by atoms with Crippen LogP contribution in [-0.4, -0.2) is 22.2 Å². The molecule has 1 fully saturated rings. The zero-order valence-electron chi connectivity index (χ0n) is 8.95. The second-order valence-electron chi connectivity index (χ2n) is 4.32. The Morgan fingerprint density at radius 2 is 2.27 bits per heavy atom. The first-order valence-corrected chi connectivity index (χ1v) is 5.28. The van der Waals surface area contributed by atoms with Crippen LogP contribution in [0.25, 0.3) is 0 Å². The molecule has 0 aliphatic heterocycles. The molecule has 0 unspecified atom stereocenters. The molecule has 1 saturated carbocycles. The molecule has 4 heteroatoms. The molecule has 1 aliphatic rings. The number of nitrogens with one attached hydrogen (secondary N) is 1. The van der Waals surface area contributed by atoms with Crippen LogP contribution in [0.15, 0.2) is 12.1 Å². The zero-order valence-corrected chi connectivity index (χ0v) is 8.95. The predicted molar refractivity (Wildman–Crippen MR) is 60.7 cm³/mol. The van der Waals surface area contributed by atoms with Crippen LogP contribution in [0.3, 0.4) is 0 Å². The predicted octanol–water partition coefficient (Wildman–Crippen LogP) is 1.30. The van der Waals surface area contributed by atoms with E-state index in [0.29, 0.717) is 18.1 Å². The highest BCUT2D eigenvalue weighted by molar-refractivity contribution is 5.61.